The third-order valence-corrected chi connectivity index (χ3v) is 2.30. The van der Waals surface area contributed by atoms with E-state index in [9.17, 15) is 4.79 Å². The van der Waals surface area contributed by atoms with Crippen LogP contribution in [0.5, 0.6) is 0 Å². The summed E-state index contributed by atoms with van der Waals surface area (Å²) in [6, 6.07) is 0. The number of rotatable bonds is 0. The zero-order valence-corrected chi connectivity index (χ0v) is 6.91. The molecule has 66 valence electrons. The molecule has 0 N–H and O–H groups in total. The Balaban J connectivity index is 2.09. The van der Waals surface area contributed by atoms with Crippen LogP contribution in [0.2, 0.25) is 0 Å². The van der Waals surface area contributed by atoms with Crippen molar-refractivity contribution in [2.75, 3.05) is 6.61 Å². The Hall–Kier alpha value is -0.830. The quantitative estimate of drug-likeness (QED) is 0.548. The summed E-state index contributed by atoms with van der Waals surface area (Å²) in [6.07, 6.45) is 6.29. The van der Waals surface area contributed by atoms with Crippen molar-refractivity contribution in [3.63, 3.8) is 0 Å². The van der Waals surface area contributed by atoms with Crippen LogP contribution in [0.1, 0.15) is 25.7 Å². The molecule has 0 aromatic carbocycles. The molecule has 12 heavy (non-hydrogen) atoms. The zero-order valence-electron chi connectivity index (χ0n) is 6.91. The molecule has 1 spiro atoms. The van der Waals surface area contributed by atoms with E-state index in [2.05, 4.69) is 0 Å². The van der Waals surface area contributed by atoms with Gasteiger partial charge in [0.1, 0.15) is 0 Å². The van der Waals surface area contributed by atoms with Gasteiger partial charge in [0.15, 0.2) is 5.78 Å². The summed E-state index contributed by atoms with van der Waals surface area (Å²) in [4.78, 5) is 11.1. The van der Waals surface area contributed by atoms with Crippen LogP contribution < -0.4 is 0 Å². The molecule has 0 aromatic rings. The number of ketones is 1. The highest BCUT2D eigenvalue weighted by molar-refractivity contribution is 5.90. The van der Waals surface area contributed by atoms with Crippen LogP contribution >= 0.6 is 0 Å². The Bertz CT molecular complexity index is 214. The van der Waals surface area contributed by atoms with Crippen LogP contribution in [-0.2, 0) is 14.3 Å². The van der Waals surface area contributed by atoms with Crippen molar-refractivity contribution < 1.29 is 14.3 Å². The van der Waals surface area contributed by atoms with Gasteiger partial charge in [-0.25, -0.2) is 0 Å². The number of allylic oxidation sites excluding steroid dienone is 1. The van der Waals surface area contributed by atoms with Gasteiger partial charge in [0.2, 0.25) is 5.79 Å². The molecule has 0 bridgehead atoms. The lowest BCUT2D eigenvalue weighted by atomic mass is 9.98. The minimum Gasteiger partial charge on any atom is -0.469 e. The van der Waals surface area contributed by atoms with Gasteiger partial charge in [0, 0.05) is 12.5 Å². The maximum atomic E-state index is 11.1. The summed E-state index contributed by atoms with van der Waals surface area (Å²) in [5.74, 6) is -0.507. The van der Waals surface area contributed by atoms with Crippen LogP contribution in [0, 0.1) is 0 Å². The monoisotopic (exact) mass is 168 g/mol. The fourth-order valence-electron chi connectivity index (χ4n) is 1.66. The van der Waals surface area contributed by atoms with Crippen LogP contribution in [0.25, 0.3) is 0 Å². The SMILES string of the molecule is O=C1C=CO[C@@]2(CCCCO2)C1. The number of carbonyl (C=O) groups is 1. The van der Waals surface area contributed by atoms with E-state index in [1.54, 1.807) is 0 Å². The van der Waals surface area contributed by atoms with E-state index in [0.29, 0.717) is 13.0 Å². The summed E-state index contributed by atoms with van der Waals surface area (Å²) in [6.45, 7) is 0.709. The van der Waals surface area contributed by atoms with Crippen molar-refractivity contribution in [2.45, 2.75) is 31.5 Å². The van der Waals surface area contributed by atoms with Gasteiger partial charge in [-0.2, -0.15) is 0 Å². The highest BCUT2D eigenvalue weighted by Gasteiger charge is 2.38. The smallest absolute Gasteiger partial charge is 0.216 e. The first kappa shape index (κ1) is 7.80. The molecule has 0 amide bonds. The van der Waals surface area contributed by atoms with Gasteiger partial charge in [0.25, 0.3) is 0 Å². The fourth-order valence-corrected chi connectivity index (χ4v) is 1.66. The third kappa shape index (κ3) is 1.37. The predicted molar refractivity (Wildman–Crippen MR) is 42.4 cm³/mol. The molecular weight excluding hydrogens is 156 g/mol. The summed E-state index contributed by atoms with van der Waals surface area (Å²) in [5.41, 5.74) is 0. The molecule has 0 aromatic heterocycles. The predicted octanol–water partition coefficient (Wildman–Crippen LogP) is 1.39. The highest BCUT2D eigenvalue weighted by atomic mass is 16.7. The molecule has 0 radical (unpaired) electrons. The van der Waals surface area contributed by atoms with E-state index in [1.807, 2.05) is 0 Å². The second-order valence-corrected chi connectivity index (χ2v) is 3.28. The van der Waals surface area contributed by atoms with Gasteiger partial charge in [-0.15, -0.1) is 0 Å². The third-order valence-electron chi connectivity index (χ3n) is 2.30. The minimum atomic E-state index is -0.607. The average Bonchev–Trinajstić information content (AvgIpc) is 2.05. The Morgan fingerprint density at radius 1 is 1.42 bits per heavy atom. The van der Waals surface area contributed by atoms with E-state index in [4.69, 9.17) is 9.47 Å². The van der Waals surface area contributed by atoms with E-state index < -0.39 is 5.79 Å². The second-order valence-electron chi connectivity index (χ2n) is 3.28. The largest absolute Gasteiger partial charge is 0.469 e. The molecule has 3 heteroatoms. The lowest BCUT2D eigenvalue weighted by Crippen LogP contribution is -2.41. The van der Waals surface area contributed by atoms with Crippen LogP contribution in [0.4, 0.5) is 0 Å². The van der Waals surface area contributed by atoms with Crippen molar-refractivity contribution >= 4 is 5.78 Å². The number of ether oxygens (including phenoxy) is 2. The average molecular weight is 168 g/mol. The molecule has 2 rings (SSSR count). The first-order valence-electron chi connectivity index (χ1n) is 4.32. The summed E-state index contributed by atoms with van der Waals surface area (Å²) in [5, 5.41) is 0. The first-order chi connectivity index (χ1) is 5.81. The molecule has 0 aliphatic carbocycles. The molecular formula is C9H12O3. The van der Waals surface area contributed by atoms with Crippen molar-refractivity contribution in [1.82, 2.24) is 0 Å². The molecule has 1 saturated heterocycles. The lowest BCUT2D eigenvalue weighted by Gasteiger charge is -2.37. The van der Waals surface area contributed by atoms with Crippen LogP contribution in [-0.4, -0.2) is 18.2 Å². The number of hydrogen-bond donors (Lipinski definition) is 0. The summed E-state index contributed by atoms with van der Waals surface area (Å²) >= 11 is 0. The highest BCUT2D eigenvalue weighted by Crippen LogP contribution is 2.32. The van der Waals surface area contributed by atoms with Gasteiger partial charge in [-0.1, -0.05) is 0 Å². The molecule has 3 nitrogen and oxygen atoms in total. The molecule has 1 atom stereocenters. The summed E-state index contributed by atoms with van der Waals surface area (Å²) < 4.78 is 10.8. The maximum absolute atomic E-state index is 11.1. The normalized spacial score (nSPS) is 35.2. The van der Waals surface area contributed by atoms with E-state index >= 15 is 0 Å². The van der Waals surface area contributed by atoms with Crippen molar-refractivity contribution in [3.8, 4) is 0 Å². The van der Waals surface area contributed by atoms with Crippen LogP contribution in [0.15, 0.2) is 12.3 Å². The molecule has 2 aliphatic rings. The van der Waals surface area contributed by atoms with Gasteiger partial charge in [-0.05, 0) is 12.8 Å². The van der Waals surface area contributed by atoms with Crippen molar-refractivity contribution in [2.24, 2.45) is 0 Å². The van der Waals surface area contributed by atoms with Gasteiger partial charge >= 0.3 is 0 Å². The Morgan fingerprint density at radius 3 is 3.00 bits per heavy atom. The fraction of sp³-hybridized carbons (Fsp3) is 0.667. The number of carbonyl (C=O) groups excluding carboxylic acids is 1. The van der Waals surface area contributed by atoms with Crippen molar-refractivity contribution in [1.29, 1.82) is 0 Å². The van der Waals surface area contributed by atoms with Gasteiger partial charge < -0.3 is 9.47 Å². The Labute approximate surface area is 71.3 Å². The maximum Gasteiger partial charge on any atom is 0.216 e. The lowest BCUT2D eigenvalue weighted by molar-refractivity contribution is -0.232. The zero-order chi connectivity index (χ0) is 8.44. The van der Waals surface area contributed by atoms with E-state index in [0.717, 1.165) is 19.3 Å². The molecule has 0 saturated carbocycles. The molecule has 0 unspecified atom stereocenters. The van der Waals surface area contributed by atoms with Crippen LogP contribution in [0.3, 0.4) is 0 Å². The minimum absolute atomic E-state index is 0.100. The second kappa shape index (κ2) is 2.90. The van der Waals surface area contributed by atoms with Gasteiger partial charge in [-0.3, -0.25) is 4.79 Å². The standard InChI is InChI=1S/C9H12O3/c10-8-3-6-12-9(7-8)4-1-2-5-11-9/h3,6H,1-2,4-5,7H2/t9-/m0/s1. The van der Waals surface area contributed by atoms with E-state index in [1.165, 1.54) is 12.3 Å². The van der Waals surface area contributed by atoms with Gasteiger partial charge in [0.05, 0.1) is 19.3 Å². The van der Waals surface area contributed by atoms with Crippen molar-refractivity contribution in [3.05, 3.63) is 12.3 Å². The number of hydrogen-bond acceptors (Lipinski definition) is 3. The molecule has 1 fully saturated rings. The Morgan fingerprint density at radius 2 is 2.33 bits per heavy atom. The first-order valence-corrected chi connectivity index (χ1v) is 4.32. The molecule has 2 heterocycles. The topological polar surface area (TPSA) is 35.5 Å². The Kier molecular flexibility index (Phi) is 1.89. The van der Waals surface area contributed by atoms with E-state index in [-0.39, 0.29) is 5.78 Å². The molecule has 2 aliphatic heterocycles. The summed E-state index contributed by atoms with van der Waals surface area (Å²) in [7, 11) is 0.